The highest BCUT2D eigenvalue weighted by molar-refractivity contribution is 7.17. The van der Waals surface area contributed by atoms with Crippen LogP contribution in [0.3, 0.4) is 0 Å². The van der Waals surface area contributed by atoms with Gasteiger partial charge in [-0.15, -0.1) is 11.3 Å². The molecule has 0 saturated heterocycles. The summed E-state index contributed by atoms with van der Waals surface area (Å²) < 4.78 is 6.19. The Morgan fingerprint density at radius 3 is 3.05 bits per heavy atom. The van der Waals surface area contributed by atoms with Crippen LogP contribution >= 0.6 is 11.3 Å². The molecule has 5 nitrogen and oxygen atoms in total. The van der Waals surface area contributed by atoms with Crippen LogP contribution in [0.5, 0.6) is 5.75 Å². The first-order valence-corrected chi connectivity index (χ1v) is 7.20. The van der Waals surface area contributed by atoms with Gasteiger partial charge in [-0.05, 0) is 30.5 Å². The number of nitrogens with one attached hydrogen (secondary N) is 1. The second-order valence-corrected chi connectivity index (χ2v) is 5.51. The fourth-order valence-corrected chi connectivity index (χ4v) is 2.75. The molecule has 1 aromatic carbocycles. The predicted molar refractivity (Wildman–Crippen MR) is 81.1 cm³/mol. The molecule has 0 spiro atoms. The van der Waals surface area contributed by atoms with Crippen molar-refractivity contribution >= 4 is 27.8 Å². The summed E-state index contributed by atoms with van der Waals surface area (Å²) in [7, 11) is 0. The number of carbonyl (C=O) groups is 1. The number of fused-ring (bicyclic) bond motifs is 1. The summed E-state index contributed by atoms with van der Waals surface area (Å²) in [5.41, 5.74) is 1.94. The molecule has 0 aliphatic rings. The molecular formula is C15H12N2O3S. The van der Waals surface area contributed by atoms with Crippen LogP contribution in [-0.4, -0.2) is 16.3 Å². The first-order valence-electron chi connectivity index (χ1n) is 6.32. The fourth-order valence-electron chi connectivity index (χ4n) is 2.03. The largest absolute Gasteiger partial charge is 0.485 e. The van der Waals surface area contributed by atoms with Gasteiger partial charge in [-0.1, -0.05) is 11.6 Å². The third-order valence-corrected chi connectivity index (χ3v) is 3.92. The summed E-state index contributed by atoms with van der Waals surface area (Å²) in [6, 6.07) is 7.14. The summed E-state index contributed by atoms with van der Waals surface area (Å²) in [4.78, 5) is 29.9. The zero-order valence-corrected chi connectivity index (χ0v) is 12.1. The molecule has 2 aromatic heterocycles. The van der Waals surface area contributed by atoms with Gasteiger partial charge in [0.15, 0.2) is 6.29 Å². The molecule has 3 rings (SSSR count). The van der Waals surface area contributed by atoms with Crippen LogP contribution in [0.25, 0.3) is 10.2 Å². The lowest BCUT2D eigenvalue weighted by Gasteiger charge is -2.08. The Kier molecular flexibility index (Phi) is 3.53. The molecule has 0 radical (unpaired) electrons. The van der Waals surface area contributed by atoms with Crippen molar-refractivity contribution in [1.29, 1.82) is 0 Å². The number of aldehydes is 1. The summed E-state index contributed by atoms with van der Waals surface area (Å²) in [5, 5.41) is 1.82. The summed E-state index contributed by atoms with van der Waals surface area (Å²) >= 11 is 1.35. The quantitative estimate of drug-likeness (QED) is 0.752. The van der Waals surface area contributed by atoms with E-state index in [0.717, 1.165) is 11.8 Å². The van der Waals surface area contributed by atoms with E-state index in [9.17, 15) is 9.59 Å². The third kappa shape index (κ3) is 2.71. The van der Waals surface area contributed by atoms with Gasteiger partial charge in [0.05, 0.1) is 11.1 Å². The number of aromatic nitrogens is 2. The highest BCUT2D eigenvalue weighted by Crippen LogP contribution is 2.19. The number of aromatic amines is 1. The van der Waals surface area contributed by atoms with Crippen LogP contribution in [0.4, 0.5) is 0 Å². The lowest BCUT2D eigenvalue weighted by atomic mass is 10.1. The second kappa shape index (κ2) is 5.49. The highest BCUT2D eigenvalue weighted by Gasteiger charge is 2.07. The van der Waals surface area contributed by atoms with Crippen molar-refractivity contribution in [2.45, 2.75) is 13.5 Å². The van der Waals surface area contributed by atoms with Crippen LogP contribution in [0.1, 0.15) is 21.7 Å². The maximum atomic E-state index is 11.8. The van der Waals surface area contributed by atoms with Crippen LogP contribution in [0.15, 0.2) is 34.4 Å². The zero-order chi connectivity index (χ0) is 14.8. The van der Waals surface area contributed by atoms with E-state index in [1.807, 2.05) is 18.4 Å². The number of hydrogen-bond acceptors (Lipinski definition) is 5. The number of benzene rings is 1. The topological polar surface area (TPSA) is 72.0 Å². The molecule has 6 heteroatoms. The average molecular weight is 300 g/mol. The van der Waals surface area contributed by atoms with Gasteiger partial charge in [0, 0.05) is 0 Å². The number of H-pyrrole nitrogens is 1. The molecule has 3 aromatic rings. The van der Waals surface area contributed by atoms with Gasteiger partial charge in [0.2, 0.25) is 0 Å². The second-order valence-electron chi connectivity index (χ2n) is 4.60. The van der Waals surface area contributed by atoms with Crippen molar-refractivity contribution in [3.8, 4) is 5.75 Å². The van der Waals surface area contributed by atoms with Crippen molar-refractivity contribution in [3.05, 3.63) is 57.0 Å². The molecule has 0 amide bonds. The van der Waals surface area contributed by atoms with Gasteiger partial charge in [0.25, 0.3) is 5.56 Å². The average Bonchev–Trinajstić information content (AvgIpc) is 2.94. The van der Waals surface area contributed by atoms with E-state index in [1.165, 1.54) is 11.3 Å². The molecule has 0 bridgehead atoms. The minimum absolute atomic E-state index is 0.102. The molecule has 0 aliphatic carbocycles. The molecule has 0 atom stereocenters. The van der Waals surface area contributed by atoms with Gasteiger partial charge in [-0.3, -0.25) is 9.59 Å². The van der Waals surface area contributed by atoms with Gasteiger partial charge in [-0.2, -0.15) is 0 Å². The first-order chi connectivity index (χ1) is 10.2. The highest BCUT2D eigenvalue weighted by atomic mass is 32.1. The Morgan fingerprint density at radius 1 is 1.38 bits per heavy atom. The summed E-state index contributed by atoms with van der Waals surface area (Å²) in [5.74, 6) is 0.909. The molecular weight excluding hydrogens is 288 g/mol. The number of carbonyl (C=O) groups excluding carboxylic acids is 1. The molecule has 2 heterocycles. The Morgan fingerprint density at radius 2 is 2.24 bits per heavy atom. The van der Waals surface area contributed by atoms with Gasteiger partial charge < -0.3 is 9.72 Å². The fraction of sp³-hybridized carbons (Fsp3) is 0.133. The van der Waals surface area contributed by atoms with Crippen molar-refractivity contribution in [2.75, 3.05) is 0 Å². The van der Waals surface area contributed by atoms with E-state index in [1.54, 1.807) is 18.2 Å². The number of aryl methyl sites for hydroxylation is 1. The minimum Gasteiger partial charge on any atom is -0.485 e. The zero-order valence-electron chi connectivity index (χ0n) is 11.3. The maximum absolute atomic E-state index is 11.8. The van der Waals surface area contributed by atoms with Crippen LogP contribution in [-0.2, 0) is 6.61 Å². The first kappa shape index (κ1) is 13.5. The lowest BCUT2D eigenvalue weighted by molar-refractivity contribution is 0.111. The van der Waals surface area contributed by atoms with E-state index in [4.69, 9.17) is 4.74 Å². The number of nitrogens with zero attached hydrogens (tertiary/aromatic N) is 1. The third-order valence-electron chi connectivity index (χ3n) is 3.02. The molecule has 1 N–H and O–H groups in total. The Labute approximate surface area is 124 Å². The van der Waals surface area contributed by atoms with Crippen LogP contribution in [0.2, 0.25) is 0 Å². The standard InChI is InChI=1S/C15H12N2O3S/c1-9-2-3-12(10(6-9)7-18)20-8-13-16-11-4-5-21-14(11)15(19)17-13/h2-7H,8H2,1H3,(H,16,17,19). The Balaban J connectivity index is 1.86. The SMILES string of the molecule is Cc1ccc(OCc2nc3ccsc3c(=O)[nH]2)c(C=O)c1. The molecule has 0 aliphatic heterocycles. The summed E-state index contributed by atoms with van der Waals surface area (Å²) in [6.07, 6.45) is 0.751. The van der Waals surface area contributed by atoms with E-state index in [2.05, 4.69) is 9.97 Å². The lowest BCUT2D eigenvalue weighted by Crippen LogP contribution is -2.12. The minimum atomic E-state index is -0.173. The number of hydrogen-bond donors (Lipinski definition) is 1. The van der Waals surface area contributed by atoms with E-state index >= 15 is 0 Å². The van der Waals surface area contributed by atoms with Crippen molar-refractivity contribution in [2.24, 2.45) is 0 Å². The molecule has 0 unspecified atom stereocenters. The van der Waals surface area contributed by atoms with Gasteiger partial charge in [0.1, 0.15) is 22.9 Å². The van der Waals surface area contributed by atoms with Gasteiger partial charge in [-0.25, -0.2) is 4.98 Å². The van der Waals surface area contributed by atoms with Crippen LogP contribution < -0.4 is 10.3 Å². The normalized spacial score (nSPS) is 10.7. The maximum Gasteiger partial charge on any atom is 0.268 e. The van der Waals surface area contributed by atoms with E-state index < -0.39 is 0 Å². The Hall–Kier alpha value is -2.47. The molecule has 0 fully saturated rings. The Bertz CT molecular complexity index is 867. The van der Waals surface area contributed by atoms with Crippen LogP contribution in [0, 0.1) is 6.92 Å². The van der Waals surface area contributed by atoms with Gasteiger partial charge >= 0.3 is 0 Å². The van der Waals surface area contributed by atoms with E-state index in [-0.39, 0.29) is 12.2 Å². The van der Waals surface area contributed by atoms with E-state index in [0.29, 0.717) is 27.4 Å². The number of ether oxygens (including phenoxy) is 1. The smallest absolute Gasteiger partial charge is 0.268 e. The monoisotopic (exact) mass is 300 g/mol. The molecule has 0 saturated carbocycles. The number of thiophene rings is 1. The molecule has 106 valence electrons. The number of rotatable bonds is 4. The predicted octanol–water partition coefficient (Wildman–Crippen LogP) is 2.68. The van der Waals surface area contributed by atoms with Crippen molar-refractivity contribution in [1.82, 2.24) is 9.97 Å². The van der Waals surface area contributed by atoms with Crippen molar-refractivity contribution < 1.29 is 9.53 Å². The summed E-state index contributed by atoms with van der Waals surface area (Å²) in [6.45, 7) is 2.01. The molecule has 21 heavy (non-hydrogen) atoms. The van der Waals surface area contributed by atoms with Crippen molar-refractivity contribution in [3.63, 3.8) is 0 Å².